The van der Waals surface area contributed by atoms with Crippen LogP contribution in [0.5, 0.6) is 0 Å². The average molecular weight is 188 g/mol. The van der Waals surface area contributed by atoms with Gasteiger partial charge in [-0.2, -0.15) is 0 Å². The van der Waals surface area contributed by atoms with Crippen molar-refractivity contribution in [2.75, 3.05) is 0 Å². The lowest BCUT2D eigenvalue weighted by molar-refractivity contribution is -0.383. The first-order chi connectivity index (χ1) is 6.29. The van der Waals surface area contributed by atoms with Gasteiger partial charge >= 0.3 is 0 Å². The summed E-state index contributed by atoms with van der Waals surface area (Å²) in [6, 6.07) is 6.59. The lowest BCUT2D eigenvalue weighted by atomic mass is 10.1. The minimum Gasteiger partial charge on any atom is -0.264 e. The Morgan fingerprint density at radius 1 is 1.29 bits per heavy atom. The number of fused-ring (bicyclic) bond motifs is 1. The maximum atomic E-state index is 10.6. The minimum absolute atomic E-state index is 0. The molecular weight excluding hydrogens is 179 g/mol. The Labute approximate surface area is 82.3 Å². The van der Waals surface area contributed by atoms with Gasteiger partial charge in [-0.05, 0) is 6.07 Å². The van der Waals surface area contributed by atoms with E-state index in [1.807, 2.05) is 0 Å². The van der Waals surface area contributed by atoms with Gasteiger partial charge in [0.25, 0.3) is 5.69 Å². The number of hydrogen-bond acceptors (Lipinski definition) is 3. The number of non-ortho nitro benzene ring substituents is 1. The second-order valence-electron chi connectivity index (χ2n) is 2.63. The van der Waals surface area contributed by atoms with Crippen LogP contribution in [0.3, 0.4) is 0 Å². The molecule has 0 bridgehead atoms. The van der Waals surface area contributed by atoms with E-state index in [1.54, 1.807) is 30.6 Å². The van der Waals surface area contributed by atoms with Crippen molar-refractivity contribution < 1.29 is 4.92 Å². The molecule has 0 fully saturated rings. The zero-order valence-electron chi connectivity index (χ0n) is 6.68. The zero-order valence-corrected chi connectivity index (χ0v) is 6.68. The van der Waals surface area contributed by atoms with E-state index in [1.165, 1.54) is 6.07 Å². The molecule has 1 aromatic heterocycles. The highest BCUT2D eigenvalue weighted by Gasteiger charge is 2.09. The number of pyridine rings is 1. The van der Waals surface area contributed by atoms with Crippen molar-refractivity contribution in [3.8, 4) is 0 Å². The number of nitrogens with zero attached hydrogens (tertiary/aromatic N) is 2. The van der Waals surface area contributed by atoms with Gasteiger partial charge in [-0.15, -0.1) is 0 Å². The maximum Gasteiger partial charge on any atom is 0.277 e. The van der Waals surface area contributed by atoms with Crippen LogP contribution in [0.4, 0.5) is 5.69 Å². The molecular formula is C9H9BN2O2. The molecule has 1 aromatic carbocycles. The zero-order chi connectivity index (χ0) is 9.26. The quantitative estimate of drug-likeness (QED) is 0.380. The second-order valence-corrected chi connectivity index (χ2v) is 2.63. The molecule has 0 aliphatic heterocycles. The molecule has 0 saturated carbocycles. The number of rotatable bonds is 1. The van der Waals surface area contributed by atoms with Crippen LogP contribution in [0.15, 0.2) is 36.7 Å². The Morgan fingerprint density at radius 3 is 2.79 bits per heavy atom. The lowest BCUT2D eigenvalue weighted by Gasteiger charge is -1.96. The summed E-state index contributed by atoms with van der Waals surface area (Å²) >= 11 is 0. The van der Waals surface area contributed by atoms with E-state index >= 15 is 0 Å². The first kappa shape index (κ1) is 10.2. The molecule has 2 rings (SSSR count). The highest BCUT2D eigenvalue weighted by atomic mass is 16.6. The van der Waals surface area contributed by atoms with Crippen LogP contribution < -0.4 is 0 Å². The molecule has 0 aliphatic carbocycles. The Hall–Kier alpha value is -1.91. The van der Waals surface area contributed by atoms with E-state index in [4.69, 9.17) is 0 Å². The molecule has 0 radical (unpaired) electrons. The van der Waals surface area contributed by atoms with Crippen molar-refractivity contribution in [1.82, 2.24) is 4.98 Å². The number of benzene rings is 1. The molecule has 0 atom stereocenters. The van der Waals surface area contributed by atoms with E-state index in [9.17, 15) is 10.1 Å². The van der Waals surface area contributed by atoms with Crippen LogP contribution in [0.2, 0.25) is 0 Å². The normalized spacial score (nSPS) is 9.43. The number of aromatic nitrogens is 1. The Balaban J connectivity index is 0.000000980. The highest BCUT2D eigenvalue weighted by Crippen LogP contribution is 2.23. The van der Waals surface area contributed by atoms with Gasteiger partial charge < -0.3 is 0 Å². The predicted molar refractivity (Wildman–Crippen MR) is 58.3 cm³/mol. The van der Waals surface area contributed by atoms with Gasteiger partial charge in [-0.3, -0.25) is 15.1 Å². The second kappa shape index (κ2) is 3.87. The summed E-state index contributed by atoms with van der Waals surface area (Å²) in [4.78, 5) is 14.1. The summed E-state index contributed by atoms with van der Waals surface area (Å²) in [5.74, 6) is 0. The molecule has 2 aromatic rings. The average Bonchev–Trinajstić information content (AvgIpc) is 2.17. The van der Waals surface area contributed by atoms with E-state index in [0.29, 0.717) is 5.39 Å². The van der Waals surface area contributed by atoms with E-state index < -0.39 is 0 Å². The smallest absolute Gasteiger partial charge is 0.264 e. The molecule has 4 nitrogen and oxygen atoms in total. The summed E-state index contributed by atoms with van der Waals surface area (Å²) in [6.07, 6.45) is 3.16. The maximum absolute atomic E-state index is 10.6. The van der Waals surface area contributed by atoms with Crippen molar-refractivity contribution in [3.63, 3.8) is 0 Å². The van der Waals surface area contributed by atoms with E-state index in [2.05, 4.69) is 4.98 Å². The van der Waals surface area contributed by atoms with Gasteiger partial charge in [0.2, 0.25) is 0 Å². The summed E-state index contributed by atoms with van der Waals surface area (Å²) < 4.78 is 0. The molecule has 70 valence electrons. The predicted octanol–water partition coefficient (Wildman–Crippen LogP) is 0.959. The van der Waals surface area contributed by atoms with Crippen molar-refractivity contribution >= 4 is 24.9 Å². The highest BCUT2D eigenvalue weighted by molar-refractivity contribution is 5.89. The molecule has 0 unspecified atom stereocenters. The molecule has 14 heavy (non-hydrogen) atoms. The summed E-state index contributed by atoms with van der Waals surface area (Å²) in [6.45, 7) is 0. The van der Waals surface area contributed by atoms with Crippen LogP contribution in [-0.2, 0) is 0 Å². The molecule has 0 spiro atoms. The fourth-order valence-corrected chi connectivity index (χ4v) is 1.26. The molecule has 0 saturated heterocycles. The lowest BCUT2D eigenvalue weighted by Crippen LogP contribution is -1.88. The van der Waals surface area contributed by atoms with Crippen LogP contribution >= 0.6 is 0 Å². The molecule has 5 heteroatoms. The molecule has 0 amide bonds. The van der Waals surface area contributed by atoms with Gasteiger partial charge in [-0.25, -0.2) is 0 Å². The van der Waals surface area contributed by atoms with Gasteiger partial charge in [0, 0.05) is 23.8 Å². The topological polar surface area (TPSA) is 56.0 Å². The third-order valence-corrected chi connectivity index (χ3v) is 1.85. The van der Waals surface area contributed by atoms with E-state index in [0.717, 1.165) is 5.39 Å². The van der Waals surface area contributed by atoms with Gasteiger partial charge in [0.1, 0.15) is 0 Å². The third-order valence-electron chi connectivity index (χ3n) is 1.85. The van der Waals surface area contributed by atoms with Crippen LogP contribution in [0.1, 0.15) is 0 Å². The third kappa shape index (κ3) is 1.57. The Kier molecular flexibility index (Phi) is 2.81. The summed E-state index contributed by atoms with van der Waals surface area (Å²) in [5.41, 5.74) is 0.125. The first-order valence-corrected chi connectivity index (χ1v) is 3.76. The van der Waals surface area contributed by atoms with Crippen molar-refractivity contribution in [3.05, 3.63) is 46.8 Å². The first-order valence-electron chi connectivity index (χ1n) is 3.76. The molecule has 0 N–H and O–H groups in total. The molecule has 1 heterocycles. The van der Waals surface area contributed by atoms with Crippen LogP contribution in [0, 0.1) is 10.1 Å². The fraction of sp³-hybridized carbons (Fsp3) is 0. The monoisotopic (exact) mass is 188 g/mol. The van der Waals surface area contributed by atoms with Crippen molar-refractivity contribution in [1.29, 1.82) is 0 Å². The van der Waals surface area contributed by atoms with Gasteiger partial charge in [0.15, 0.2) is 0 Å². The summed E-state index contributed by atoms with van der Waals surface area (Å²) in [5, 5.41) is 12.0. The minimum atomic E-state index is -0.387. The number of nitro benzene ring substituents is 1. The standard InChI is InChI=1S/C9H6N2O2.BH3/c12-11(13)9-3-1-2-7-6-10-5-4-8(7)9;/h1-6H;1H3. The SMILES string of the molecule is B.O=[N+]([O-])c1cccc2cnccc12. The Bertz CT molecular complexity index is 468. The number of hydrogen-bond donors (Lipinski definition) is 0. The fourth-order valence-electron chi connectivity index (χ4n) is 1.26. The largest absolute Gasteiger partial charge is 0.277 e. The van der Waals surface area contributed by atoms with Gasteiger partial charge in [-0.1, -0.05) is 12.1 Å². The van der Waals surface area contributed by atoms with Crippen molar-refractivity contribution in [2.45, 2.75) is 0 Å². The van der Waals surface area contributed by atoms with E-state index in [-0.39, 0.29) is 19.0 Å². The molecule has 0 aliphatic rings. The Morgan fingerprint density at radius 2 is 2.07 bits per heavy atom. The summed E-state index contributed by atoms with van der Waals surface area (Å²) in [7, 11) is 0. The van der Waals surface area contributed by atoms with Gasteiger partial charge in [0.05, 0.1) is 18.7 Å². The van der Waals surface area contributed by atoms with Crippen LogP contribution in [-0.4, -0.2) is 18.3 Å². The van der Waals surface area contributed by atoms with Crippen LogP contribution in [0.25, 0.3) is 10.8 Å². The number of nitro groups is 1. The van der Waals surface area contributed by atoms with Crippen molar-refractivity contribution in [2.24, 2.45) is 0 Å².